The highest BCUT2D eigenvalue weighted by atomic mass is 16.5. The number of esters is 2. The molecule has 0 saturated carbocycles. The molecular weight excluding hydrogens is 875 g/mol. The molecule has 0 bridgehead atoms. The van der Waals surface area contributed by atoms with Crippen molar-refractivity contribution in [3.8, 4) is 5.75 Å². The van der Waals surface area contributed by atoms with Gasteiger partial charge in [-0.1, -0.05) is 144 Å². The number of nitrogens with zero attached hydrogens (tertiary/aromatic N) is 4. The van der Waals surface area contributed by atoms with Gasteiger partial charge in [-0.3, -0.25) is 0 Å². The molecule has 0 heterocycles. The molecule has 11 heteroatoms. The lowest BCUT2D eigenvalue weighted by molar-refractivity contribution is -0.139. The lowest BCUT2D eigenvalue weighted by Crippen LogP contribution is -2.05. The van der Waals surface area contributed by atoms with E-state index in [2.05, 4.69) is 88.3 Å². The van der Waals surface area contributed by atoms with Crippen LogP contribution in [0, 0.1) is 6.92 Å². The topological polar surface area (TPSA) is 133 Å². The third-order valence-corrected chi connectivity index (χ3v) is 11.5. The first kappa shape index (κ1) is 56.1. The van der Waals surface area contributed by atoms with Gasteiger partial charge in [0, 0.05) is 47.9 Å². The molecule has 0 amide bonds. The average molecular weight is 952 g/mol. The van der Waals surface area contributed by atoms with Gasteiger partial charge in [0.1, 0.15) is 5.75 Å². The average Bonchev–Trinajstić information content (AvgIpc) is 3.37. The number of carbonyl (C=O) groups is 2. The first-order chi connectivity index (χ1) is 34.1. The van der Waals surface area contributed by atoms with Crippen LogP contribution >= 0.6 is 0 Å². The molecule has 0 aromatic heterocycles. The summed E-state index contributed by atoms with van der Waals surface area (Å²) in [6, 6.07) is 36.1. The van der Waals surface area contributed by atoms with Gasteiger partial charge in [0.25, 0.3) is 0 Å². The van der Waals surface area contributed by atoms with Gasteiger partial charge in [-0.2, -0.15) is 15.3 Å². The Kier molecular flexibility index (Phi) is 27.2. The fourth-order valence-corrected chi connectivity index (χ4v) is 7.29. The van der Waals surface area contributed by atoms with Crippen LogP contribution in [0.5, 0.6) is 5.75 Å². The van der Waals surface area contributed by atoms with E-state index in [-0.39, 0.29) is 11.9 Å². The monoisotopic (exact) mass is 952 g/mol. The van der Waals surface area contributed by atoms with Crippen molar-refractivity contribution in [1.29, 1.82) is 0 Å². The van der Waals surface area contributed by atoms with Crippen LogP contribution in [0.2, 0.25) is 0 Å². The first-order valence-electron chi connectivity index (χ1n) is 25.2. The van der Waals surface area contributed by atoms with E-state index < -0.39 is 0 Å². The zero-order valence-electron chi connectivity index (χ0n) is 42.4. The number of azo groups is 2. The molecule has 0 saturated heterocycles. The first-order valence-corrected chi connectivity index (χ1v) is 25.2. The molecule has 0 aliphatic heterocycles. The van der Waals surface area contributed by atoms with Gasteiger partial charge in [0.2, 0.25) is 0 Å². The smallest absolute Gasteiger partial charge is 0.333 e. The Morgan fingerprint density at radius 2 is 0.914 bits per heavy atom. The Bertz CT molecular complexity index is 2360. The molecule has 0 unspecified atom stereocenters. The van der Waals surface area contributed by atoms with Crippen LogP contribution in [0.3, 0.4) is 0 Å². The maximum atomic E-state index is 11.4. The van der Waals surface area contributed by atoms with Crippen molar-refractivity contribution < 1.29 is 28.5 Å². The number of hydrogen-bond donors (Lipinski definition) is 1. The zero-order chi connectivity index (χ0) is 50.0. The number of ether oxygens (including phenoxy) is 4. The van der Waals surface area contributed by atoms with Crippen molar-refractivity contribution in [1.82, 2.24) is 0 Å². The molecule has 11 nitrogen and oxygen atoms in total. The number of rotatable bonds is 32. The van der Waals surface area contributed by atoms with Gasteiger partial charge in [-0.15, -0.1) is 5.11 Å². The molecule has 5 aromatic carbocycles. The minimum Gasteiger partial charge on any atom is -0.494 e. The number of aryl methyl sites for hydroxylation is 1. The molecule has 374 valence electrons. The highest BCUT2D eigenvalue weighted by molar-refractivity contribution is 6.00. The second-order valence-corrected chi connectivity index (χ2v) is 17.8. The van der Waals surface area contributed by atoms with E-state index in [1.165, 1.54) is 75.3 Å². The maximum Gasteiger partial charge on any atom is 0.333 e. The van der Waals surface area contributed by atoms with Gasteiger partial charge in [-0.05, 0) is 113 Å². The number of hydrogen-bond acceptors (Lipinski definition) is 11. The van der Waals surface area contributed by atoms with Crippen LogP contribution in [0.25, 0.3) is 10.8 Å². The Balaban J connectivity index is 0.000000502. The molecule has 1 N–H and O–H groups in total. The van der Waals surface area contributed by atoms with Crippen molar-refractivity contribution in [3.63, 3.8) is 0 Å². The molecule has 0 radical (unpaired) electrons. The second kappa shape index (κ2) is 33.9. The number of carbonyl (C=O) groups excluding carboxylic acids is 2. The summed E-state index contributed by atoms with van der Waals surface area (Å²) >= 11 is 0. The lowest BCUT2D eigenvalue weighted by atomic mass is 10.1. The normalized spacial score (nSPS) is 11.1. The van der Waals surface area contributed by atoms with Crippen molar-refractivity contribution in [2.75, 3.05) is 38.9 Å². The van der Waals surface area contributed by atoms with E-state index >= 15 is 0 Å². The molecule has 5 rings (SSSR count). The van der Waals surface area contributed by atoms with Crippen molar-refractivity contribution in [3.05, 3.63) is 145 Å². The van der Waals surface area contributed by atoms with E-state index in [4.69, 9.17) is 18.9 Å². The van der Waals surface area contributed by atoms with Crippen LogP contribution in [0.4, 0.5) is 28.4 Å². The van der Waals surface area contributed by atoms with Crippen molar-refractivity contribution in [2.45, 2.75) is 130 Å². The fourth-order valence-electron chi connectivity index (χ4n) is 7.29. The van der Waals surface area contributed by atoms with Crippen LogP contribution in [-0.2, 0) is 30.3 Å². The van der Waals surface area contributed by atoms with E-state index in [0.717, 1.165) is 96.6 Å². The third-order valence-electron chi connectivity index (χ3n) is 11.5. The van der Waals surface area contributed by atoms with Gasteiger partial charge in [0.15, 0.2) is 0 Å². The standard InChI is InChI=1S/C44H49N5O3.C15H28O3/c1-33(2)44(50)52-31-13-9-7-5-4-6-8-12-30-51-39-26-24-38(25-27-39)47-46-36-20-22-37(23-21-36)48-49-43-29-28-42(40-14-10-11-15-41(40)43)45-32-35-18-16-34(3)17-19-35;1-14(2)15(16)18-13-11-9-7-5-4-6-8-10-12-17-3/h10-11,14-29,45H,1,4-9,12-13,30-32H2,2-3H3;1,4-13H2,2-3H3. The van der Waals surface area contributed by atoms with Gasteiger partial charge in [-0.25, -0.2) is 9.59 Å². The maximum absolute atomic E-state index is 11.4. The predicted octanol–water partition coefficient (Wildman–Crippen LogP) is 17.1. The van der Waals surface area contributed by atoms with Crippen LogP contribution < -0.4 is 10.1 Å². The minimum absolute atomic E-state index is 0.270. The molecule has 0 fully saturated rings. The second-order valence-electron chi connectivity index (χ2n) is 17.8. The Morgan fingerprint density at radius 1 is 0.486 bits per heavy atom. The molecule has 0 aliphatic carbocycles. The summed E-state index contributed by atoms with van der Waals surface area (Å²) in [5.41, 5.74) is 7.54. The molecule has 0 aliphatic rings. The predicted molar refractivity (Wildman–Crippen MR) is 286 cm³/mol. The summed E-state index contributed by atoms with van der Waals surface area (Å²) in [7, 11) is 1.75. The van der Waals surface area contributed by atoms with Crippen LogP contribution in [0.1, 0.15) is 128 Å². The Morgan fingerprint density at radius 3 is 1.40 bits per heavy atom. The SMILES string of the molecule is C=C(C)C(=O)OCCCCCCCCCCOC.C=C(C)C(=O)OCCCCCCCCCCOc1ccc(N=Nc2ccc(N=Nc3ccc(NCc4ccc(C)cc4)c4ccccc34)cc2)cc1. The number of fused-ring (bicyclic) bond motifs is 1. The lowest BCUT2D eigenvalue weighted by Gasteiger charge is -2.11. The number of benzene rings is 5. The van der Waals surface area contributed by atoms with Gasteiger partial charge in [0.05, 0.1) is 42.6 Å². The minimum atomic E-state index is -0.294. The molecule has 0 spiro atoms. The van der Waals surface area contributed by atoms with E-state index in [9.17, 15) is 9.59 Å². The van der Waals surface area contributed by atoms with E-state index in [1.807, 2.05) is 66.7 Å². The highest BCUT2D eigenvalue weighted by Crippen LogP contribution is 2.33. The van der Waals surface area contributed by atoms with E-state index in [1.54, 1.807) is 21.0 Å². The summed E-state index contributed by atoms with van der Waals surface area (Å²) in [6.07, 6.45) is 18.6. The summed E-state index contributed by atoms with van der Waals surface area (Å²) in [4.78, 5) is 22.4. The molecular formula is C59H77N5O6. The van der Waals surface area contributed by atoms with Gasteiger partial charge < -0.3 is 24.3 Å². The van der Waals surface area contributed by atoms with Crippen LogP contribution in [0.15, 0.2) is 154 Å². The van der Waals surface area contributed by atoms with Crippen molar-refractivity contribution in [2.24, 2.45) is 20.5 Å². The summed E-state index contributed by atoms with van der Waals surface area (Å²) in [5, 5.41) is 23.6. The Labute approximate surface area is 417 Å². The number of unbranched alkanes of at least 4 members (excludes halogenated alkanes) is 14. The number of nitrogens with one attached hydrogen (secondary N) is 1. The molecule has 5 aromatic rings. The zero-order valence-corrected chi connectivity index (χ0v) is 42.4. The number of methoxy groups -OCH3 is 1. The highest BCUT2D eigenvalue weighted by Gasteiger charge is 2.07. The third kappa shape index (κ3) is 23.2. The molecule has 0 atom stereocenters. The summed E-state index contributed by atoms with van der Waals surface area (Å²) in [5.74, 6) is 0.271. The van der Waals surface area contributed by atoms with E-state index in [0.29, 0.717) is 31.0 Å². The summed E-state index contributed by atoms with van der Waals surface area (Å²) in [6.45, 7) is 15.9. The largest absolute Gasteiger partial charge is 0.494 e. The van der Waals surface area contributed by atoms with Crippen molar-refractivity contribution >= 4 is 51.1 Å². The Hall–Kier alpha value is -6.46. The van der Waals surface area contributed by atoms with Gasteiger partial charge >= 0.3 is 11.9 Å². The fraction of sp³-hybridized carbons (Fsp3) is 0.424. The summed E-state index contributed by atoms with van der Waals surface area (Å²) < 4.78 is 21.1. The molecule has 70 heavy (non-hydrogen) atoms. The quantitative estimate of drug-likeness (QED) is 0.0196. The number of anilines is 1. The van der Waals surface area contributed by atoms with Crippen LogP contribution in [-0.4, -0.2) is 45.5 Å².